The first-order valence-corrected chi connectivity index (χ1v) is 11.5. The number of carbonyl (C=O) groups is 1. The van der Waals surface area contributed by atoms with Crippen molar-refractivity contribution < 1.29 is 13.2 Å². The van der Waals surface area contributed by atoms with Crippen LogP contribution in [-0.2, 0) is 9.84 Å². The Morgan fingerprint density at radius 2 is 1.54 bits per heavy atom. The summed E-state index contributed by atoms with van der Waals surface area (Å²) >= 11 is 1.32. The number of Topliss-reactive ketones (excluding diaryl/α,β-unsaturated/α-hetero) is 1. The lowest BCUT2D eigenvalue weighted by Crippen LogP contribution is -2.08. The Labute approximate surface area is 169 Å². The third-order valence-electron chi connectivity index (χ3n) is 4.31. The lowest BCUT2D eigenvalue weighted by molar-refractivity contribution is 0.0982. The number of hydrogen-bond donors (Lipinski definition) is 1. The first kappa shape index (κ1) is 20.2. The van der Waals surface area contributed by atoms with Gasteiger partial charge in [-0.2, -0.15) is 0 Å². The molecule has 6 heteroatoms. The highest BCUT2D eigenvalue weighted by atomic mass is 32.2. The van der Waals surface area contributed by atoms with Gasteiger partial charge in [-0.15, -0.1) is 11.8 Å². The second-order valence-electron chi connectivity index (χ2n) is 6.46. The molecule has 4 nitrogen and oxygen atoms in total. The molecule has 0 amide bonds. The van der Waals surface area contributed by atoms with Crippen molar-refractivity contribution in [2.24, 2.45) is 0 Å². The molecule has 3 aromatic rings. The van der Waals surface area contributed by atoms with Crippen LogP contribution in [0.25, 0.3) is 0 Å². The Hall–Kier alpha value is -2.57. The molecule has 0 saturated carbocycles. The van der Waals surface area contributed by atoms with E-state index in [2.05, 4.69) is 0 Å². The average molecular weight is 412 g/mol. The highest BCUT2D eigenvalue weighted by Gasteiger charge is 2.23. The molecule has 0 radical (unpaired) electrons. The monoisotopic (exact) mass is 411 g/mol. The van der Waals surface area contributed by atoms with Gasteiger partial charge in [-0.25, -0.2) is 8.42 Å². The minimum atomic E-state index is -3.45. The van der Waals surface area contributed by atoms with E-state index in [0.29, 0.717) is 16.1 Å². The fourth-order valence-electron chi connectivity index (χ4n) is 2.90. The first-order chi connectivity index (χ1) is 13.4. The van der Waals surface area contributed by atoms with Gasteiger partial charge in [0.2, 0.25) is 0 Å². The van der Waals surface area contributed by atoms with Gasteiger partial charge in [0, 0.05) is 34.1 Å². The van der Waals surface area contributed by atoms with Crippen LogP contribution in [0.15, 0.2) is 88.7 Å². The molecule has 0 bridgehead atoms. The maximum atomic E-state index is 12.8. The highest BCUT2D eigenvalue weighted by molar-refractivity contribution is 8.00. The molecule has 0 heterocycles. The second kappa shape index (κ2) is 8.63. The quantitative estimate of drug-likeness (QED) is 0.344. The van der Waals surface area contributed by atoms with Crippen molar-refractivity contribution in [2.75, 3.05) is 12.0 Å². The smallest absolute Gasteiger partial charge is 0.176 e. The molecular formula is C22H21NO3S2. The van der Waals surface area contributed by atoms with E-state index in [1.807, 2.05) is 48.5 Å². The van der Waals surface area contributed by atoms with E-state index >= 15 is 0 Å². The number of carbonyl (C=O) groups excluding carboxylic acids is 1. The SMILES string of the molecule is CS(=O)(=O)c1cccc(N)c1SC(CC(=O)c1ccccc1)c1ccccc1. The maximum Gasteiger partial charge on any atom is 0.176 e. The third-order valence-corrected chi connectivity index (χ3v) is 6.99. The number of benzene rings is 3. The summed E-state index contributed by atoms with van der Waals surface area (Å²) in [6.45, 7) is 0. The highest BCUT2D eigenvalue weighted by Crippen LogP contribution is 2.43. The minimum absolute atomic E-state index is 0.00244. The Kier molecular flexibility index (Phi) is 6.21. The maximum absolute atomic E-state index is 12.8. The summed E-state index contributed by atoms with van der Waals surface area (Å²) in [5, 5.41) is -0.265. The molecule has 0 aliphatic heterocycles. The summed E-state index contributed by atoms with van der Waals surface area (Å²) < 4.78 is 24.5. The fraction of sp³-hybridized carbons (Fsp3) is 0.136. The van der Waals surface area contributed by atoms with Crippen LogP contribution in [0.2, 0.25) is 0 Å². The normalized spacial score (nSPS) is 12.5. The number of ketones is 1. The number of hydrogen-bond acceptors (Lipinski definition) is 5. The summed E-state index contributed by atoms with van der Waals surface area (Å²) in [5.41, 5.74) is 8.08. The Morgan fingerprint density at radius 1 is 0.929 bits per heavy atom. The largest absolute Gasteiger partial charge is 0.398 e. The number of thioether (sulfide) groups is 1. The van der Waals surface area contributed by atoms with Crippen LogP contribution in [-0.4, -0.2) is 20.5 Å². The van der Waals surface area contributed by atoms with Gasteiger partial charge >= 0.3 is 0 Å². The van der Waals surface area contributed by atoms with E-state index in [9.17, 15) is 13.2 Å². The Balaban J connectivity index is 1.99. The molecule has 28 heavy (non-hydrogen) atoms. The van der Waals surface area contributed by atoms with E-state index in [0.717, 1.165) is 5.56 Å². The van der Waals surface area contributed by atoms with Crippen LogP contribution < -0.4 is 5.73 Å². The van der Waals surface area contributed by atoms with Crippen molar-refractivity contribution in [2.45, 2.75) is 21.5 Å². The zero-order chi connectivity index (χ0) is 20.1. The van der Waals surface area contributed by atoms with Gasteiger partial charge in [0.25, 0.3) is 0 Å². The van der Waals surface area contributed by atoms with Crippen LogP contribution in [0.3, 0.4) is 0 Å². The van der Waals surface area contributed by atoms with Gasteiger partial charge in [0.05, 0.1) is 4.90 Å². The fourth-order valence-corrected chi connectivity index (χ4v) is 5.48. The van der Waals surface area contributed by atoms with Crippen LogP contribution in [0.4, 0.5) is 5.69 Å². The van der Waals surface area contributed by atoms with Crippen molar-refractivity contribution >= 4 is 33.1 Å². The number of rotatable bonds is 7. The number of nitrogen functional groups attached to an aromatic ring is 1. The zero-order valence-corrected chi connectivity index (χ0v) is 17.0. The van der Waals surface area contributed by atoms with Crippen molar-refractivity contribution in [3.63, 3.8) is 0 Å². The number of nitrogens with two attached hydrogens (primary N) is 1. The van der Waals surface area contributed by atoms with E-state index < -0.39 is 9.84 Å². The first-order valence-electron chi connectivity index (χ1n) is 8.74. The summed E-state index contributed by atoms with van der Waals surface area (Å²) in [5.74, 6) is -0.00244. The van der Waals surface area contributed by atoms with E-state index in [-0.39, 0.29) is 22.3 Å². The molecule has 0 saturated heterocycles. The van der Waals surface area contributed by atoms with Crippen molar-refractivity contribution in [3.8, 4) is 0 Å². The summed E-state index contributed by atoms with van der Waals surface area (Å²) in [7, 11) is -3.45. The molecule has 144 valence electrons. The minimum Gasteiger partial charge on any atom is -0.398 e. The zero-order valence-electron chi connectivity index (χ0n) is 15.4. The molecule has 3 rings (SSSR count). The van der Waals surface area contributed by atoms with Crippen molar-refractivity contribution in [1.29, 1.82) is 0 Å². The van der Waals surface area contributed by atoms with Crippen LogP contribution in [0, 0.1) is 0 Å². The topological polar surface area (TPSA) is 77.2 Å². The van der Waals surface area contributed by atoms with Gasteiger partial charge in [0.15, 0.2) is 15.6 Å². The van der Waals surface area contributed by atoms with E-state index in [4.69, 9.17) is 5.73 Å². The molecule has 0 aliphatic carbocycles. The summed E-state index contributed by atoms with van der Waals surface area (Å²) in [6, 6.07) is 23.5. The summed E-state index contributed by atoms with van der Waals surface area (Å²) in [6.07, 6.45) is 1.40. The van der Waals surface area contributed by atoms with Crippen LogP contribution >= 0.6 is 11.8 Å². The van der Waals surface area contributed by atoms with E-state index in [1.54, 1.807) is 30.3 Å². The second-order valence-corrected chi connectivity index (χ2v) is 9.65. The summed E-state index contributed by atoms with van der Waals surface area (Å²) in [4.78, 5) is 13.5. The predicted molar refractivity (Wildman–Crippen MR) is 114 cm³/mol. The van der Waals surface area contributed by atoms with Gasteiger partial charge in [0.1, 0.15) is 0 Å². The van der Waals surface area contributed by atoms with Crippen LogP contribution in [0.1, 0.15) is 27.6 Å². The predicted octanol–water partition coefficient (Wildman–Crippen LogP) is 4.78. The standard InChI is InChI=1S/C22H21NO3S2/c1-28(25,26)21-14-8-13-18(23)22(21)27-20(17-11-6-3-7-12-17)15-19(24)16-9-4-2-5-10-16/h2-14,20H,15,23H2,1H3. The van der Waals surface area contributed by atoms with Crippen molar-refractivity contribution in [3.05, 3.63) is 90.0 Å². The van der Waals surface area contributed by atoms with E-state index in [1.165, 1.54) is 18.0 Å². The van der Waals surface area contributed by atoms with Crippen molar-refractivity contribution in [1.82, 2.24) is 0 Å². The number of anilines is 1. The molecule has 0 fully saturated rings. The van der Waals surface area contributed by atoms with Crippen LogP contribution in [0.5, 0.6) is 0 Å². The van der Waals surface area contributed by atoms with Gasteiger partial charge < -0.3 is 5.73 Å². The molecule has 2 N–H and O–H groups in total. The third kappa shape index (κ3) is 4.82. The van der Waals surface area contributed by atoms with Gasteiger partial charge in [-0.3, -0.25) is 4.79 Å². The Morgan fingerprint density at radius 3 is 2.14 bits per heavy atom. The van der Waals surface area contributed by atoms with Gasteiger partial charge in [-0.1, -0.05) is 66.7 Å². The lowest BCUT2D eigenvalue weighted by Gasteiger charge is -2.19. The molecule has 1 atom stereocenters. The van der Waals surface area contributed by atoms with Gasteiger partial charge in [-0.05, 0) is 17.7 Å². The number of sulfone groups is 1. The Bertz CT molecular complexity index is 1070. The molecule has 3 aromatic carbocycles. The molecule has 1 unspecified atom stereocenters. The molecule has 0 spiro atoms. The molecule has 0 aliphatic rings. The molecule has 0 aromatic heterocycles. The molecular weight excluding hydrogens is 390 g/mol. The average Bonchev–Trinajstić information content (AvgIpc) is 2.69. The lowest BCUT2D eigenvalue weighted by atomic mass is 10.0.